The molecule has 2 N–H and O–H groups in total. The van der Waals surface area contributed by atoms with Crippen molar-refractivity contribution in [1.82, 2.24) is 4.98 Å². The van der Waals surface area contributed by atoms with E-state index in [1.54, 1.807) is 50.2 Å². The van der Waals surface area contributed by atoms with Crippen LogP contribution in [0.5, 0.6) is 17.2 Å². The molecule has 0 radical (unpaired) electrons. The van der Waals surface area contributed by atoms with Crippen molar-refractivity contribution in [2.24, 2.45) is 0 Å². The number of hydrogen-bond acceptors (Lipinski definition) is 7. The third kappa shape index (κ3) is 4.23. The Morgan fingerprint density at radius 2 is 1.56 bits per heavy atom. The number of aromatic nitrogens is 1. The molecule has 180 valence electrons. The number of aryl methyl sites for hydroxylation is 2. The summed E-state index contributed by atoms with van der Waals surface area (Å²) in [6, 6.07) is 21.5. The van der Waals surface area contributed by atoms with Crippen molar-refractivity contribution in [1.29, 1.82) is 0 Å². The zero-order valence-electron chi connectivity index (χ0n) is 19.5. The number of nitrogens with zero attached hydrogens (tertiary/aromatic N) is 2. The van der Waals surface area contributed by atoms with E-state index in [0.29, 0.717) is 38.3 Å². The molecule has 1 aliphatic rings. The van der Waals surface area contributed by atoms with Gasteiger partial charge in [0.15, 0.2) is 5.76 Å². The lowest BCUT2D eigenvalue weighted by atomic mass is 9.94. The van der Waals surface area contributed by atoms with Crippen molar-refractivity contribution >= 4 is 28.7 Å². The lowest BCUT2D eigenvalue weighted by Gasteiger charge is -2.27. The molecular weight excluding hydrogens is 476 g/mol. The van der Waals surface area contributed by atoms with Crippen LogP contribution in [0.25, 0.3) is 0 Å². The van der Waals surface area contributed by atoms with Gasteiger partial charge in [-0.15, -0.1) is 11.3 Å². The Labute approximate surface area is 211 Å². The number of phenolic OH excluding ortho intramolecular Hbond substituents is 1. The van der Waals surface area contributed by atoms with Gasteiger partial charge in [-0.05, 0) is 67.9 Å². The number of carbonyl (C=O) groups is 2. The summed E-state index contributed by atoms with van der Waals surface area (Å²) in [6.07, 6.45) is 0. The molecule has 0 saturated carbocycles. The molecule has 0 fully saturated rings. The Bertz CT molecular complexity index is 1470. The van der Waals surface area contributed by atoms with Gasteiger partial charge in [0.05, 0.1) is 27.2 Å². The first kappa shape index (κ1) is 23.3. The molecule has 7 nitrogen and oxygen atoms in total. The second-order valence-electron chi connectivity index (χ2n) is 8.32. The zero-order chi connectivity index (χ0) is 25.4. The fourth-order valence-corrected chi connectivity index (χ4v) is 5.11. The van der Waals surface area contributed by atoms with Gasteiger partial charge in [0.1, 0.15) is 17.2 Å². The van der Waals surface area contributed by atoms with Crippen LogP contribution in [0.3, 0.4) is 0 Å². The van der Waals surface area contributed by atoms with E-state index in [-0.39, 0.29) is 11.3 Å². The monoisotopic (exact) mass is 498 g/mol. The van der Waals surface area contributed by atoms with Crippen LogP contribution in [0.1, 0.15) is 32.0 Å². The molecule has 0 saturated heterocycles. The molecular formula is C28H22N2O5S. The maximum absolute atomic E-state index is 13.6. The molecule has 3 aromatic carbocycles. The van der Waals surface area contributed by atoms with E-state index in [4.69, 9.17) is 4.74 Å². The Morgan fingerprint density at radius 3 is 2.17 bits per heavy atom. The first-order valence-electron chi connectivity index (χ1n) is 11.2. The summed E-state index contributed by atoms with van der Waals surface area (Å²) in [7, 11) is 0. The van der Waals surface area contributed by atoms with Crippen molar-refractivity contribution in [3.8, 4) is 17.2 Å². The van der Waals surface area contributed by atoms with E-state index in [1.807, 2.05) is 30.3 Å². The minimum absolute atomic E-state index is 0.0259. The number of rotatable bonds is 6. The molecule has 1 amide bonds. The van der Waals surface area contributed by atoms with Crippen LogP contribution in [0.4, 0.5) is 5.69 Å². The highest BCUT2D eigenvalue weighted by Crippen LogP contribution is 2.43. The summed E-state index contributed by atoms with van der Waals surface area (Å²) < 4.78 is 5.85. The molecule has 0 spiro atoms. The highest BCUT2D eigenvalue weighted by atomic mass is 32.1. The number of amides is 1. The van der Waals surface area contributed by atoms with Crippen molar-refractivity contribution in [3.63, 3.8) is 0 Å². The quantitative estimate of drug-likeness (QED) is 0.314. The van der Waals surface area contributed by atoms with Crippen molar-refractivity contribution in [2.75, 3.05) is 4.90 Å². The molecule has 36 heavy (non-hydrogen) atoms. The Morgan fingerprint density at radius 1 is 0.917 bits per heavy atom. The molecule has 1 aliphatic heterocycles. The molecule has 2 heterocycles. The Balaban J connectivity index is 1.55. The molecule has 1 atom stereocenters. The van der Waals surface area contributed by atoms with Gasteiger partial charge in [-0.1, -0.05) is 30.3 Å². The average molecular weight is 499 g/mol. The highest BCUT2D eigenvalue weighted by molar-refractivity contribution is 7.14. The van der Waals surface area contributed by atoms with Gasteiger partial charge in [0.25, 0.3) is 5.91 Å². The summed E-state index contributed by atoms with van der Waals surface area (Å²) in [5.74, 6) is -0.449. The van der Waals surface area contributed by atoms with Gasteiger partial charge in [-0.3, -0.25) is 14.5 Å². The second kappa shape index (κ2) is 9.31. The van der Waals surface area contributed by atoms with Gasteiger partial charge in [-0.2, -0.15) is 0 Å². The molecule has 8 heteroatoms. The first-order chi connectivity index (χ1) is 17.3. The standard InChI is InChI=1S/C28H22N2O5S/c1-16-27(36-17(2)29-16)25(32)23-24(18-8-12-20(31)13-9-18)30(28(34)26(23)33)19-10-14-22(15-11-19)35-21-6-4-3-5-7-21/h3-15,24,31,33H,1-2H3. The summed E-state index contributed by atoms with van der Waals surface area (Å²) >= 11 is 1.22. The molecule has 1 unspecified atom stereocenters. The third-order valence-corrected chi connectivity index (χ3v) is 6.94. The molecule has 4 aromatic rings. The molecule has 1 aromatic heterocycles. The van der Waals surface area contributed by atoms with Gasteiger partial charge in [0, 0.05) is 5.69 Å². The summed E-state index contributed by atoms with van der Waals surface area (Å²) in [5, 5.41) is 21.4. The number of phenols is 1. The van der Waals surface area contributed by atoms with E-state index in [2.05, 4.69) is 4.98 Å². The smallest absolute Gasteiger partial charge is 0.294 e. The number of ketones is 1. The van der Waals surface area contributed by atoms with Crippen LogP contribution < -0.4 is 9.64 Å². The number of benzene rings is 3. The number of Topliss-reactive ketones (excluding diaryl/α,β-unsaturated/α-hetero) is 1. The number of aliphatic hydroxyl groups excluding tert-OH is 1. The molecule has 5 rings (SSSR count). The van der Waals surface area contributed by atoms with Gasteiger partial charge in [-0.25, -0.2) is 4.98 Å². The maximum Gasteiger partial charge on any atom is 0.294 e. The minimum Gasteiger partial charge on any atom is -0.508 e. The van der Waals surface area contributed by atoms with Crippen LogP contribution in [-0.2, 0) is 4.79 Å². The number of aliphatic hydroxyl groups is 1. The van der Waals surface area contributed by atoms with Crippen molar-refractivity contribution < 1.29 is 24.5 Å². The molecule has 0 aliphatic carbocycles. The minimum atomic E-state index is -0.895. The van der Waals surface area contributed by atoms with Crippen LogP contribution in [-0.4, -0.2) is 26.9 Å². The molecule has 0 bridgehead atoms. The van der Waals surface area contributed by atoms with Crippen molar-refractivity contribution in [3.05, 3.63) is 111 Å². The van der Waals surface area contributed by atoms with E-state index in [1.165, 1.54) is 28.4 Å². The summed E-state index contributed by atoms with van der Waals surface area (Å²) in [5.41, 5.74) is 1.56. The number of anilines is 1. The van der Waals surface area contributed by atoms with Gasteiger partial charge < -0.3 is 14.9 Å². The maximum atomic E-state index is 13.6. The largest absolute Gasteiger partial charge is 0.508 e. The lowest BCUT2D eigenvalue weighted by molar-refractivity contribution is -0.117. The zero-order valence-corrected chi connectivity index (χ0v) is 20.3. The number of aromatic hydroxyl groups is 1. The van der Waals surface area contributed by atoms with Crippen LogP contribution in [0, 0.1) is 13.8 Å². The van der Waals surface area contributed by atoms with Gasteiger partial charge >= 0.3 is 0 Å². The highest BCUT2D eigenvalue weighted by Gasteiger charge is 2.45. The predicted molar refractivity (Wildman–Crippen MR) is 137 cm³/mol. The van der Waals surface area contributed by atoms with E-state index < -0.39 is 23.5 Å². The predicted octanol–water partition coefficient (Wildman–Crippen LogP) is 6.04. The Kier molecular flexibility index (Phi) is 6.03. The summed E-state index contributed by atoms with van der Waals surface area (Å²) in [4.78, 5) is 33.0. The Hall–Kier alpha value is -4.43. The topological polar surface area (TPSA) is 100.0 Å². The van der Waals surface area contributed by atoms with Crippen molar-refractivity contribution in [2.45, 2.75) is 19.9 Å². The fourth-order valence-electron chi connectivity index (χ4n) is 4.24. The number of carbonyl (C=O) groups excluding carboxylic acids is 2. The van der Waals surface area contributed by atoms with Crippen LogP contribution in [0.2, 0.25) is 0 Å². The lowest BCUT2D eigenvalue weighted by Crippen LogP contribution is -2.31. The average Bonchev–Trinajstić information content (AvgIpc) is 3.35. The first-order valence-corrected chi connectivity index (χ1v) is 12.0. The number of para-hydroxylation sites is 1. The number of hydrogen-bond donors (Lipinski definition) is 2. The van der Waals surface area contributed by atoms with E-state index in [9.17, 15) is 19.8 Å². The number of ether oxygens (including phenoxy) is 1. The fraction of sp³-hybridized carbons (Fsp3) is 0.107. The van der Waals surface area contributed by atoms with E-state index in [0.717, 1.165) is 0 Å². The summed E-state index contributed by atoms with van der Waals surface area (Å²) in [6.45, 7) is 3.52. The number of thiazole rings is 1. The van der Waals surface area contributed by atoms with E-state index >= 15 is 0 Å². The van der Waals surface area contributed by atoms with Crippen LogP contribution >= 0.6 is 11.3 Å². The van der Waals surface area contributed by atoms with Crippen LogP contribution in [0.15, 0.2) is 90.2 Å². The third-order valence-electron chi connectivity index (χ3n) is 5.87. The van der Waals surface area contributed by atoms with Gasteiger partial charge in [0.2, 0.25) is 5.78 Å². The normalized spacial score (nSPS) is 15.4. The second-order valence-corrected chi connectivity index (χ2v) is 9.52. The SMILES string of the molecule is Cc1nc(C)c(C(=O)C2=C(O)C(=O)N(c3ccc(Oc4ccccc4)cc3)C2c2ccc(O)cc2)s1.